The summed E-state index contributed by atoms with van der Waals surface area (Å²) in [4.78, 5) is 34.8. The number of anilines is 1. The van der Waals surface area contributed by atoms with E-state index >= 15 is 0 Å². The molecule has 0 bridgehead atoms. The highest BCUT2D eigenvalue weighted by Crippen LogP contribution is 2.16. The number of nitrogens with one attached hydrogen (secondary N) is 1. The molecule has 1 N–H and O–H groups in total. The van der Waals surface area contributed by atoms with Crippen molar-refractivity contribution in [2.45, 2.75) is 6.42 Å². The summed E-state index contributed by atoms with van der Waals surface area (Å²) >= 11 is 0. The first-order valence-electron chi connectivity index (χ1n) is 5.60. The molecule has 2 aromatic heterocycles. The standard InChI is InChI=1S/C11H9N5O3/c17-6-7-1-3-15-8(5-7)13-14-10(15)16-4-2-9(18)12-11(16)19/h1,3,5-6H,2,4H2,(H,12,18,19). The van der Waals surface area contributed by atoms with E-state index in [1.165, 1.54) is 4.90 Å². The maximum atomic E-state index is 11.7. The summed E-state index contributed by atoms with van der Waals surface area (Å²) in [5, 5.41) is 10.0. The van der Waals surface area contributed by atoms with Crippen molar-refractivity contribution >= 4 is 29.8 Å². The largest absolute Gasteiger partial charge is 0.330 e. The third kappa shape index (κ3) is 1.82. The fourth-order valence-electron chi connectivity index (χ4n) is 1.91. The number of nitrogens with zero attached hydrogens (tertiary/aromatic N) is 4. The first-order chi connectivity index (χ1) is 9.19. The lowest BCUT2D eigenvalue weighted by atomic mass is 10.3. The van der Waals surface area contributed by atoms with Crippen LogP contribution in [0.5, 0.6) is 0 Å². The van der Waals surface area contributed by atoms with E-state index < -0.39 is 6.03 Å². The molecule has 0 unspecified atom stereocenters. The Morgan fingerprint density at radius 2 is 2.16 bits per heavy atom. The number of imide groups is 1. The fourth-order valence-corrected chi connectivity index (χ4v) is 1.91. The Balaban J connectivity index is 2.03. The van der Waals surface area contributed by atoms with E-state index in [0.717, 1.165) is 0 Å². The number of pyridine rings is 1. The maximum absolute atomic E-state index is 11.7. The molecule has 8 nitrogen and oxygen atoms in total. The van der Waals surface area contributed by atoms with Crippen molar-refractivity contribution in [2.75, 3.05) is 11.4 Å². The molecule has 0 aromatic carbocycles. The number of fused-ring (bicyclic) bond motifs is 1. The Morgan fingerprint density at radius 1 is 1.32 bits per heavy atom. The topological polar surface area (TPSA) is 96.7 Å². The van der Waals surface area contributed by atoms with Crippen LogP contribution in [-0.2, 0) is 4.79 Å². The van der Waals surface area contributed by atoms with E-state index in [9.17, 15) is 14.4 Å². The molecule has 3 amide bonds. The van der Waals surface area contributed by atoms with Crippen LogP contribution in [0.15, 0.2) is 18.3 Å². The lowest BCUT2D eigenvalue weighted by Crippen LogP contribution is -2.50. The smallest absolute Gasteiger partial charge is 0.298 e. The molecule has 2 aromatic rings. The van der Waals surface area contributed by atoms with Gasteiger partial charge in [-0.1, -0.05) is 0 Å². The number of hydrogen-bond acceptors (Lipinski definition) is 5. The number of aldehydes is 1. The van der Waals surface area contributed by atoms with Gasteiger partial charge in [0.2, 0.25) is 11.9 Å². The van der Waals surface area contributed by atoms with Gasteiger partial charge in [0.1, 0.15) is 6.29 Å². The van der Waals surface area contributed by atoms with Gasteiger partial charge in [-0.15, -0.1) is 10.2 Å². The number of carbonyl (C=O) groups excluding carboxylic acids is 3. The van der Waals surface area contributed by atoms with Crippen LogP contribution in [-0.4, -0.2) is 39.4 Å². The van der Waals surface area contributed by atoms with Gasteiger partial charge in [0, 0.05) is 24.7 Å². The Hall–Kier alpha value is -2.77. The van der Waals surface area contributed by atoms with E-state index in [-0.39, 0.29) is 18.9 Å². The molecule has 1 aliphatic heterocycles. The first-order valence-corrected chi connectivity index (χ1v) is 5.60. The van der Waals surface area contributed by atoms with Crippen molar-refractivity contribution in [3.05, 3.63) is 23.9 Å². The van der Waals surface area contributed by atoms with Crippen molar-refractivity contribution in [2.24, 2.45) is 0 Å². The summed E-state index contributed by atoms with van der Waals surface area (Å²) in [6.07, 6.45) is 2.53. The molecule has 3 heterocycles. The first kappa shape index (κ1) is 11.3. The van der Waals surface area contributed by atoms with Crippen molar-refractivity contribution in [1.29, 1.82) is 0 Å². The lowest BCUT2D eigenvalue weighted by Gasteiger charge is -2.24. The van der Waals surface area contributed by atoms with Gasteiger partial charge < -0.3 is 0 Å². The highest BCUT2D eigenvalue weighted by Gasteiger charge is 2.27. The van der Waals surface area contributed by atoms with Crippen LogP contribution >= 0.6 is 0 Å². The Labute approximate surface area is 107 Å². The predicted molar refractivity (Wildman–Crippen MR) is 63.9 cm³/mol. The fraction of sp³-hybridized carbons (Fsp3) is 0.182. The molecule has 0 spiro atoms. The van der Waals surface area contributed by atoms with Gasteiger partial charge in [-0.2, -0.15) is 0 Å². The number of amides is 3. The number of rotatable bonds is 2. The molecule has 1 fully saturated rings. The second-order valence-electron chi connectivity index (χ2n) is 4.06. The molecular weight excluding hydrogens is 250 g/mol. The second-order valence-corrected chi connectivity index (χ2v) is 4.06. The summed E-state index contributed by atoms with van der Waals surface area (Å²) in [5.41, 5.74) is 0.939. The van der Waals surface area contributed by atoms with Crippen LogP contribution in [0.2, 0.25) is 0 Å². The quantitative estimate of drug-likeness (QED) is 0.765. The Morgan fingerprint density at radius 3 is 2.89 bits per heavy atom. The number of hydrogen-bond donors (Lipinski definition) is 1. The Kier molecular flexibility index (Phi) is 2.48. The van der Waals surface area contributed by atoms with Crippen molar-refractivity contribution in [3.63, 3.8) is 0 Å². The van der Waals surface area contributed by atoms with E-state index in [4.69, 9.17) is 0 Å². The van der Waals surface area contributed by atoms with Crippen LogP contribution < -0.4 is 10.2 Å². The lowest BCUT2D eigenvalue weighted by molar-refractivity contribution is -0.120. The molecule has 3 rings (SSSR count). The van der Waals surface area contributed by atoms with Crippen molar-refractivity contribution < 1.29 is 14.4 Å². The van der Waals surface area contributed by atoms with Crippen molar-refractivity contribution in [1.82, 2.24) is 19.9 Å². The van der Waals surface area contributed by atoms with Crippen LogP contribution in [0.4, 0.5) is 10.7 Å². The van der Waals surface area contributed by atoms with Crippen LogP contribution in [0.3, 0.4) is 0 Å². The van der Waals surface area contributed by atoms with Crippen LogP contribution in [0.25, 0.3) is 5.65 Å². The van der Waals surface area contributed by atoms with Gasteiger partial charge >= 0.3 is 6.03 Å². The molecule has 0 atom stereocenters. The summed E-state index contributed by atoms with van der Waals surface area (Å²) in [6.45, 7) is 0.251. The van der Waals surface area contributed by atoms with Gasteiger partial charge in [0.25, 0.3) is 0 Å². The number of carbonyl (C=O) groups is 3. The number of urea groups is 1. The predicted octanol–water partition coefficient (Wildman–Crippen LogP) is -0.0119. The van der Waals surface area contributed by atoms with Crippen LogP contribution in [0.1, 0.15) is 16.8 Å². The normalized spacial score (nSPS) is 15.7. The third-order valence-corrected chi connectivity index (χ3v) is 2.85. The molecule has 0 aliphatic carbocycles. The van der Waals surface area contributed by atoms with Crippen LogP contribution in [0, 0.1) is 0 Å². The zero-order valence-electron chi connectivity index (χ0n) is 9.74. The van der Waals surface area contributed by atoms with Gasteiger partial charge in [-0.3, -0.25) is 24.2 Å². The zero-order valence-corrected chi connectivity index (χ0v) is 9.74. The van der Waals surface area contributed by atoms with E-state index in [1.54, 1.807) is 22.7 Å². The van der Waals surface area contributed by atoms with Gasteiger partial charge in [-0.25, -0.2) is 4.79 Å². The summed E-state index contributed by atoms with van der Waals surface area (Å²) in [5.74, 6) is 0.00996. The van der Waals surface area contributed by atoms with E-state index in [1.807, 2.05) is 0 Å². The monoisotopic (exact) mass is 259 g/mol. The van der Waals surface area contributed by atoms with Gasteiger partial charge in [-0.05, 0) is 12.1 Å². The highest BCUT2D eigenvalue weighted by molar-refractivity contribution is 6.04. The summed E-state index contributed by atoms with van der Waals surface area (Å²) < 4.78 is 1.59. The minimum Gasteiger partial charge on any atom is -0.298 e. The molecule has 1 saturated heterocycles. The second kappa shape index (κ2) is 4.16. The molecule has 19 heavy (non-hydrogen) atoms. The third-order valence-electron chi connectivity index (χ3n) is 2.85. The van der Waals surface area contributed by atoms with E-state index in [0.29, 0.717) is 23.4 Å². The minimum absolute atomic E-state index is 0.215. The SMILES string of the molecule is O=Cc1ccn2c(N3CCC(=O)NC3=O)nnc2c1. The van der Waals surface area contributed by atoms with Gasteiger partial charge in [0.15, 0.2) is 5.65 Å². The summed E-state index contributed by atoms with van der Waals surface area (Å²) in [7, 11) is 0. The van der Waals surface area contributed by atoms with Crippen molar-refractivity contribution in [3.8, 4) is 0 Å². The molecule has 8 heteroatoms. The average Bonchev–Trinajstić information content (AvgIpc) is 2.81. The molecule has 96 valence electrons. The molecule has 1 aliphatic rings. The van der Waals surface area contributed by atoms with Gasteiger partial charge in [0.05, 0.1) is 0 Å². The highest BCUT2D eigenvalue weighted by atomic mass is 16.2. The average molecular weight is 259 g/mol. The zero-order chi connectivity index (χ0) is 13.4. The maximum Gasteiger partial charge on any atom is 0.330 e. The summed E-state index contributed by atoms with van der Waals surface area (Å²) in [6, 6.07) is 2.64. The molecule has 0 saturated carbocycles. The van der Waals surface area contributed by atoms with E-state index in [2.05, 4.69) is 15.5 Å². The minimum atomic E-state index is -0.523. The molecule has 0 radical (unpaired) electrons. The number of aromatic nitrogens is 3. The Bertz CT molecular complexity index is 693. The molecular formula is C11H9N5O3.